The average Bonchev–Trinajstić information content (AvgIpc) is 2.97. The molecule has 1 aromatic heterocycles. The van der Waals surface area contributed by atoms with Crippen LogP contribution in [0.15, 0.2) is 42.5 Å². The van der Waals surface area contributed by atoms with Gasteiger partial charge < -0.3 is 0 Å². The van der Waals surface area contributed by atoms with Gasteiger partial charge in [0, 0.05) is 5.69 Å². The van der Waals surface area contributed by atoms with Crippen LogP contribution in [0.25, 0.3) is 5.69 Å². The molecule has 0 atom stereocenters. The van der Waals surface area contributed by atoms with Crippen LogP contribution in [0, 0.1) is 24.4 Å². The van der Waals surface area contributed by atoms with E-state index < -0.39 is 0 Å². The third-order valence-corrected chi connectivity index (χ3v) is 4.27. The maximum atomic E-state index is 12.9. The second-order valence-electron chi connectivity index (χ2n) is 5.91. The number of carbonyl (C=O) groups excluding carboxylic acids is 1. The molecule has 0 aliphatic carbocycles. The summed E-state index contributed by atoms with van der Waals surface area (Å²) in [6.07, 6.45) is 0.0221. The van der Waals surface area contributed by atoms with Gasteiger partial charge in [0.1, 0.15) is 11.6 Å². The lowest BCUT2D eigenvalue weighted by molar-refractivity contribution is -0.120. The molecule has 0 radical (unpaired) electrons. The second kappa shape index (κ2) is 7.49. The van der Waals surface area contributed by atoms with E-state index in [1.165, 1.54) is 29.8 Å². The number of nitrogens with one attached hydrogen (secondary N) is 3. The molecular weight excluding hydrogens is 353 g/mol. The highest BCUT2D eigenvalue weighted by Crippen LogP contribution is 2.16. The highest BCUT2D eigenvalue weighted by molar-refractivity contribution is 7.71. The first-order valence-electron chi connectivity index (χ1n) is 7.98. The van der Waals surface area contributed by atoms with Crippen molar-refractivity contribution in [3.8, 4) is 5.69 Å². The van der Waals surface area contributed by atoms with Crippen molar-refractivity contribution in [3.63, 3.8) is 0 Å². The number of nitrogens with zero attached hydrogens (tertiary/aromatic N) is 2. The minimum atomic E-state index is -0.342. The van der Waals surface area contributed by atoms with Crippen molar-refractivity contribution >= 4 is 23.8 Å². The van der Waals surface area contributed by atoms with Crippen LogP contribution in [0.4, 0.5) is 10.1 Å². The number of aromatic amines is 1. The van der Waals surface area contributed by atoms with Crippen LogP contribution < -0.4 is 10.9 Å². The topological polar surface area (TPSA) is 74.7 Å². The lowest BCUT2D eigenvalue weighted by atomic mass is 10.1. The van der Waals surface area contributed by atoms with E-state index in [2.05, 4.69) is 21.0 Å². The summed E-state index contributed by atoms with van der Waals surface area (Å²) < 4.78 is 15.0. The van der Waals surface area contributed by atoms with Crippen molar-refractivity contribution in [3.05, 3.63) is 70.0 Å². The molecule has 0 aliphatic rings. The predicted octanol–water partition coefficient (Wildman–Crippen LogP) is 3.37. The molecule has 0 spiro atoms. The highest BCUT2D eigenvalue weighted by atomic mass is 32.1. The molecule has 134 valence electrons. The van der Waals surface area contributed by atoms with E-state index in [1.54, 1.807) is 4.57 Å². The average molecular weight is 371 g/mol. The van der Waals surface area contributed by atoms with Crippen LogP contribution in [-0.2, 0) is 11.2 Å². The van der Waals surface area contributed by atoms with Crippen LogP contribution >= 0.6 is 12.2 Å². The van der Waals surface area contributed by atoms with E-state index in [1.807, 2.05) is 32.0 Å². The Labute approximate surface area is 155 Å². The lowest BCUT2D eigenvalue weighted by Gasteiger charge is -2.10. The van der Waals surface area contributed by atoms with Gasteiger partial charge in [0.25, 0.3) is 0 Å². The number of benzene rings is 2. The number of anilines is 1. The Morgan fingerprint density at radius 1 is 1.19 bits per heavy atom. The Morgan fingerprint density at radius 2 is 1.92 bits per heavy atom. The minimum Gasteiger partial charge on any atom is -0.299 e. The van der Waals surface area contributed by atoms with Crippen molar-refractivity contribution in [2.75, 3.05) is 5.43 Å². The number of hydrazine groups is 1. The highest BCUT2D eigenvalue weighted by Gasteiger charge is 2.13. The van der Waals surface area contributed by atoms with Gasteiger partial charge in [0.15, 0.2) is 4.77 Å². The molecule has 3 aromatic rings. The molecule has 2 aromatic carbocycles. The molecule has 3 rings (SSSR count). The molecule has 8 heteroatoms. The third kappa shape index (κ3) is 3.97. The van der Waals surface area contributed by atoms with E-state index in [9.17, 15) is 9.18 Å². The SMILES string of the molecule is Cc1ccc(-n2c(CC(=O)NNc3ccc(F)cc3)n[nH]c2=S)cc1C. The van der Waals surface area contributed by atoms with Gasteiger partial charge >= 0.3 is 0 Å². The first-order valence-corrected chi connectivity index (χ1v) is 8.39. The van der Waals surface area contributed by atoms with E-state index in [4.69, 9.17) is 12.2 Å². The zero-order valence-electron chi connectivity index (χ0n) is 14.3. The Balaban J connectivity index is 1.74. The first-order chi connectivity index (χ1) is 12.4. The van der Waals surface area contributed by atoms with Crippen molar-refractivity contribution in [1.82, 2.24) is 20.2 Å². The van der Waals surface area contributed by atoms with Gasteiger partial charge in [-0.05, 0) is 73.6 Å². The predicted molar refractivity (Wildman–Crippen MR) is 100 cm³/mol. The molecule has 0 fully saturated rings. The molecule has 1 amide bonds. The number of rotatable bonds is 5. The maximum absolute atomic E-state index is 12.9. The summed E-state index contributed by atoms with van der Waals surface area (Å²) in [4.78, 5) is 12.2. The van der Waals surface area contributed by atoms with Gasteiger partial charge in [0.05, 0.1) is 12.1 Å². The fourth-order valence-electron chi connectivity index (χ4n) is 2.44. The summed E-state index contributed by atoms with van der Waals surface area (Å²) in [6.45, 7) is 4.05. The number of aryl methyl sites for hydroxylation is 2. The second-order valence-corrected chi connectivity index (χ2v) is 6.29. The number of hydrogen-bond acceptors (Lipinski definition) is 4. The summed E-state index contributed by atoms with van der Waals surface area (Å²) in [5, 5.41) is 6.89. The number of aromatic nitrogens is 3. The molecule has 0 bridgehead atoms. The van der Waals surface area contributed by atoms with Gasteiger partial charge in [-0.15, -0.1) is 0 Å². The number of amides is 1. The van der Waals surface area contributed by atoms with Gasteiger partial charge in [-0.2, -0.15) is 5.10 Å². The van der Waals surface area contributed by atoms with E-state index >= 15 is 0 Å². The fourth-order valence-corrected chi connectivity index (χ4v) is 2.70. The molecule has 0 aliphatic heterocycles. The third-order valence-electron chi connectivity index (χ3n) is 4.00. The standard InChI is InChI=1S/C18H18FN5OS/c1-11-3-8-15(9-12(11)2)24-16(21-23-18(24)26)10-17(25)22-20-14-6-4-13(19)5-7-14/h3-9,20H,10H2,1-2H3,(H,22,25)(H,23,26). The fraction of sp³-hybridized carbons (Fsp3) is 0.167. The molecule has 0 saturated heterocycles. The van der Waals surface area contributed by atoms with Gasteiger partial charge in [-0.25, -0.2) is 4.39 Å². The van der Waals surface area contributed by atoms with Gasteiger partial charge in [0.2, 0.25) is 5.91 Å². The van der Waals surface area contributed by atoms with E-state index in [0.717, 1.165) is 11.3 Å². The summed E-state index contributed by atoms with van der Waals surface area (Å²) in [6, 6.07) is 11.6. The summed E-state index contributed by atoms with van der Waals surface area (Å²) in [5.74, 6) is -0.143. The Kier molecular flexibility index (Phi) is 5.13. The van der Waals surface area contributed by atoms with Crippen LogP contribution in [0.5, 0.6) is 0 Å². The van der Waals surface area contributed by atoms with Crippen molar-refractivity contribution in [2.45, 2.75) is 20.3 Å². The molecule has 3 N–H and O–H groups in total. The van der Waals surface area contributed by atoms with Crippen LogP contribution in [-0.4, -0.2) is 20.7 Å². The van der Waals surface area contributed by atoms with Crippen LogP contribution in [0.1, 0.15) is 17.0 Å². The monoisotopic (exact) mass is 371 g/mol. The van der Waals surface area contributed by atoms with Crippen molar-refractivity contribution < 1.29 is 9.18 Å². The van der Waals surface area contributed by atoms with Crippen molar-refractivity contribution in [1.29, 1.82) is 0 Å². The maximum Gasteiger partial charge on any atom is 0.245 e. The van der Waals surface area contributed by atoms with E-state index in [-0.39, 0.29) is 18.1 Å². The lowest BCUT2D eigenvalue weighted by Crippen LogP contribution is -2.31. The Hall–Kier alpha value is -3.00. The Morgan fingerprint density at radius 3 is 2.62 bits per heavy atom. The van der Waals surface area contributed by atoms with E-state index in [0.29, 0.717) is 16.3 Å². The number of H-pyrrole nitrogens is 1. The Bertz CT molecular complexity index is 994. The first kappa shape index (κ1) is 17.8. The zero-order valence-corrected chi connectivity index (χ0v) is 15.2. The van der Waals surface area contributed by atoms with Gasteiger partial charge in [-0.1, -0.05) is 6.07 Å². The summed E-state index contributed by atoms with van der Waals surface area (Å²) in [7, 11) is 0. The molecule has 6 nitrogen and oxygen atoms in total. The minimum absolute atomic E-state index is 0.0221. The number of halogens is 1. The van der Waals surface area contributed by atoms with Crippen molar-refractivity contribution in [2.24, 2.45) is 0 Å². The molecule has 1 heterocycles. The molecule has 26 heavy (non-hydrogen) atoms. The number of hydrogen-bond donors (Lipinski definition) is 3. The smallest absolute Gasteiger partial charge is 0.245 e. The normalized spacial score (nSPS) is 10.6. The quantitative estimate of drug-likeness (QED) is 0.475. The molecular formula is C18H18FN5OS. The summed E-state index contributed by atoms with van der Waals surface area (Å²) >= 11 is 5.30. The van der Waals surface area contributed by atoms with Crippen LogP contribution in [0.3, 0.4) is 0 Å². The largest absolute Gasteiger partial charge is 0.299 e. The molecule has 0 unspecified atom stereocenters. The summed E-state index contributed by atoms with van der Waals surface area (Å²) in [5.41, 5.74) is 9.02. The number of carbonyl (C=O) groups is 1. The van der Waals surface area contributed by atoms with Gasteiger partial charge in [-0.3, -0.25) is 25.3 Å². The molecule has 0 saturated carbocycles. The zero-order chi connectivity index (χ0) is 18.7. The van der Waals surface area contributed by atoms with Crippen LogP contribution in [0.2, 0.25) is 0 Å².